The third kappa shape index (κ3) is 2.85. The summed E-state index contributed by atoms with van der Waals surface area (Å²) >= 11 is 0. The topological polar surface area (TPSA) is 56.3 Å². The molecule has 1 atom stereocenters. The summed E-state index contributed by atoms with van der Waals surface area (Å²) in [6.07, 6.45) is 0.557. The average Bonchev–Trinajstić information content (AvgIpc) is 3.17. The van der Waals surface area contributed by atoms with Crippen LogP contribution in [0.5, 0.6) is 0 Å². The Bertz CT molecular complexity index is 1050. The largest absolute Gasteiger partial charge is 0.383 e. The molecule has 1 fully saturated rings. The summed E-state index contributed by atoms with van der Waals surface area (Å²) in [5.41, 5.74) is 5.96. The number of aryl methyl sites for hydroxylation is 4. The SMILES string of the molecule is Cc1cc(C)c2[nH]c(C(=O)N3CC[C@@](O)(c4ccccc4C)C3)c(C)c2c1. The van der Waals surface area contributed by atoms with Gasteiger partial charge in [0.1, 0.15) is 11.3 Å². The van der Waals surface area contributed by atoms with Gasteiger partial charge in [-0.3, -0.25) is 4.79 Å². The molecule has 0 bridgehead atoms. The van der Waals surface area contributed by atoms with Gasteiger partial charge in [0.05, 0.1) is 6.54 Å². The van der Waals surface area contributed by atoms with Crippen molar-refractivity contribution in [3.8, 4) is 0 Å². The lowest BCUT2D eigenvalue weighted by Gasteiger charge is -2.25. The highest BCUT2D eigenvalue weighted by Crippen LogP contribution is 2.35. The van der Waals surface area contributed by atoms with Crippen molar-refractivity contribution in [3.63, 3.8) is 0 Å². The molecule has 1 aliphatic rings. The predicted octanol–water partition coefficient (Wildman–Crippen LogP) is 4.14. The zero-order chi connectivity index (χ0) is 19.3. The molecule has 1 amide bonds. The molecule has 1 aliphatic heterocycles. The van der Waals surface area contributed by atoms with Crippen LogP contribution in [0.2, 0.25) is 0 Å². The second kappa shape index (κ2) is 6.24. The molecular formula is C23H26N2O2. The van der Waals surface area contributed by atoms with Gasteiger partial charge in [0.15, 0.2) is 0 Å². The van der Waals surface area contributed by atoms with Crippen molar-refractivity contribution in [2.24, 2.45) is 0 Å². The molecule has 4 rings (SSSR count). The monoisotopic (exact) mass is 362 g/mol. The Labute approximate surface area is 159 Å². The fraction of sp³-hybridized carbons (Fsp3) is 0.348. The Kier molecular flexibility index (Phi) is 4.11. The van der Waals surface area contributed by atoms with E-state index in [-0.39, 0.29) is 5.91 Å². The first-order chi connectivity index (χ1) is 12.8. The summed E-state index contributed by atoms with van der Waals surface area (Å²) in [5.74, 6) is -0.0368. The number of benzene rings is 2. The van der Waals surface area contributed by atoms with Crippen molar-refractivity contribution < 1.29 is 9.90 Å². The number of carbonyl (C=O) groups excluding carboxylic acids is 1. The van der Waals surface area contributed by atoms with Crippen LogP contribution in [0.25, 0.3) is 10.9 Å². The number of aromatic amines is 1. The maximum atomic E-state index is 13.2. The van der Waals surface area contributed by atoms with Gasteiger partial charge in [-0.25, -0.2) is 0 Å². The number of hydrogen-bond acceptors (Lipinski definition) is 2. The molecule has 0 radical (unpaired) electrons. The van der Waals surface area contributed by atoms with Crippen molar-refractivity contribution in [1.82, 2.24) is 9.88 Å². The Balaban J connectivity index is 1.67. The van der Waals surface area contributed by atoms with Crippen LogP contribution in [-0.4, -0.2) is 34.0 Å². The molecule has 1 aromatic heterocycles. The summed E-state index contributed by atoms with van der Waals surface area (Å²) in [6.45, 7) is 9.01. The molecular weight excluding hydrogens is 336 g/mol. The quantitative estimate of drug-likeness (QED) is 0.720. The molecule has 2 heterocycles. The number of likely N-dealkylation sites (tertiary alicyclic amines) is 1. The van der Waals surface area contributed by atoms with Crippen molar-refractivity contribution in [2.75, 3.05) is 13.1 Å². The number of nitrogens with one attached hydrogen (secondary N) is 1. The van der Waals surface area contributed by atoms with Gasteiger partial charge in [-0.2, -0.15) is 0 Å². The van der Waals surface area contributed by atoms with Crippen LogP contribution < -0.4 is 0 Å². The number of rotatable bonds is 2. The molecule has 0 aliphatic carbocycles. The second-order valence-corrected chi connectivity index (χ2v) is 7.95. The third-order valence-electron chi connectivity index (χ3n) is 5.90. The molecule has 0 unspecified atom stereocenters. The van der Waals surface area contributed by atoms with Crippen molar-refractivity contribution in [2.45, 2.75) is 39.7 Å². The maximum absolute atomic E-state index is 13.2. The van der Waals surface area contributed by atoms with Crippen molar-refractivity contribution >= 4 is 16.8 Å². The van der Waals surface area contributed by atoms with E-state index in [1.165, 1.54) is 5.56 Å². The zero-order valence-corrected chi connectivity index (χ0v) is 16.4. The van der Waals surface area contributed by atoms with Gasteiger partial charge in [-0.1, -0.05) is 35.9 Å². The number of aromatic nitrogens is 1. The minimum atomic E-state index is -0.979. The van der Waals surface area contributed by atoms with Crippen LogP contribution in [0, 0.1) is 27.7 Å². The fourth-order valence-corrected chi connectivity index (χ4v) is 4.44. The average molecular weight is 362 g/mol. The number of aliphatic hydroxyl groups is 1. The van der Waals surface area contributed by atoms with Gasteiger partial charge >= 0.3 is 0 Å². The summed E-state index contributed by atoms with van der Waals surface area (Å²) in [4.78, 5) is 18.3. The number of β-amino-alcohol motifs (C(OH)–C–C–N with tert-alkyl or cyclic N) is 1. The Morgan fingerprint density at radius 3 is 2.59 bits per heavy atom. The van der Waals surface area contributed by atoms with E-state index >= 15 is 0 Å². The smallest absolute Gasteiger partial charge is 0.270 e. The fourth-order valence-electron chi connectivity index (χ4n) is 4.44. The predicted molar refractivity (Wildman–Crippen MR) is 108 cm³/mol. The van der Waals surface area contributed by atoms with Crippen molar-refractivity contribution in [3.05, 3.63) is 69.9 Å². The number of carbonyl (C=O) groups is 1. The van der Waals surface area contributed by atoms with Gasteiger partial charge in [-0.15, -0.1) is 0 Å². The molecule has 4 nitrogen and oxygen atoms in total. The van der Waals surface area contributed by atoms with Crippen LogP contribution in [-0.2, 0) is 5.60 Å². The lowest BCUT2D eigenvalue weighted by molar-refractivity contribution is 0.0411. The Hall–Kier alpha value is -2.59. The molecule has 4 heteroatoms. The highest BCUT2D eigenvalue weighted by atomic mass is 16.3. The van der Waals surface area contributed by atoms with Crippen LogP contribution in [0.3, 0.4) is 0 Å². The number of nitrogens with zero attached hydrogens (tertiary/aromatic N) is 1. The first-order valence-electron chi connectivity index (χ1n) is 9.47. The summed E-state index contributed by atoms with van der Waals surface area (Å²) < 4.78 is 0. The van der Waals surface area contributed by atoms with Crippen molar-refractivity contribution in [1.29, 1.82) is 0 Å². The van der Waals surface area contributed by atoms with Crippen LogP contribution in [0.1, 0.15) is 44.7 Å². The number of amides is 1. The standard InChI is InChI=1S/C23H26N2O2/c1-14-11-16(3)20-18(12-14)17(4)21(24-20)22(26)25-10-9-23(27,13-25)19-8-6-5-7-15(19)2/h5-8,11-12,24,27H,9-10,13H2,1-4H3/t23-/m0/s1. The van der Waals surface area contributed by atoms with E-state index in [0.29, 0.717) is 25.2 Å². The minimum Gasteiger partial charge on any atom is -0.383 e. The Morgan fingerprint density at radius 1 is 1.11 bits per heavy atom. The second-order valence-electron chi connectivity index (χ2n) is 7.95. The molecule has 2 aromatic carbocycles. The highest BCUT2D eigenvalue weighted by molar-refractivity contribution is 6.02. The normalized spacial score (nSPS) is 19.8. The van der Waals surface area contributed by atoms with Gasteiger partial charge < -0.3 is 15.0 Å². The summed E-state index contributed by atoms with van der Waals surface area (Å²) in [5, 5.41) is 12.3. The molecule has 140 valence electrons. The van der Waals surface area contributed by atoms with Crippen LogP contribution in [0.15, 0.2) is 36.4 Å². The van der Waals surface area contributed by atoms with Gasteiger partial charge in [0.2, 0.25) is 0 Å². The van der Waals surface area contributed by atoms with E-state index in [2.05, 4.69) is 31.0 Å². The first-order valence-corrected chi connectivity index (χ1v) is 9.47. The Morgan fingerprint density at radius 2 is 1.85 bits per heavy atom. The number of fused-ring (bicyclic) bond motifs is 1. The molecule has 0 saturated carbocycles. The molecule has 2 N–H and O–H groups in total. The van der Waals surface area contributed by atoms with Crippen LogP contribution >= 0.6 is 0 Å². The van der Waals surface area contributed by atoms with E-state index in [0.717, 1.165) is 33.2 Å². The molecule has 1 saturated heterocycles. The molecule has 27 heavy (non-hydrogen) atoms. The lowest BCUT2D eigenvalue weighted by Crippen LogP contribution is -2.35. The van der Waals surface area contributed by atoms with E-state index in [4.69, 9.17) is 0 Å². The van der Waals surface area contributed by atoms with E-state index in [9.17, 15) is 9.90 Å². The minimum absolute atomic E-state index is 0.0368. The number of hydrogen-bond donors (Lipinski definition) is 2. The maximum Gasteiger partial charge on any atom is 0.270 e. The zero-order valence-electron chi connectivity index (χ0n) is 16.4. The summed E-state index contributed by atoms with van der Waals surface area (Å²) in [7, 11) is 0. The molecule has 0 spiro atoms. The lowest BCUT2D eigenvalue weighted by atomic mass is 9.89. The highest BCUT2D eigenvalue weighted by Gasteiger charge is 2.41. The van der Waals surface area contributed by atoms with E-state index in [1.807, 2.05) is 38.1 Å². The van der Waals surface area contributed by atoms with Gasteiger partial charge in [0.25, 0.3) is 5.91 Å². The first kappa shape index (κ1) is 17.8. The van der Waals surface area contributed by atoms with Crippen LogP contribution in [0.4, 0.5) is 0 Å². The molecule has 3 aromatic rings. The van der Waals surface area contributed by atoms with E-state index < -0.39 is 5.60 Å². The van der Waals surface area contributed by atoms with Gasteiger partial charge in [-0.05, 0) is 62.4 Å². The van der Waals surface area contributed by atoms with E-state index in [1.54, 1.807) is 4.90 Å². The van der Waals surface area contributed by atoms with Gasteiger partial charge in [0, 0.05) is 17.4 Å². The third-order valence-corrected chi connectivity index (χ3v) is 5.90. The summed E-state index contributed by atoms with van der Waals surface area (Å²) in [6, 6.07) is 12.1. The number of H-pyrrole nitrogens is 1.